The zero-order valence-corrected chi connectivity index (χ0v) is 19.6. The van der Waals surface area contributed by atoms with E-state index in [1.807, 2.05) is 0 Å². The maximum Gasteiger partial charge on any atom is 0.264 e. The number of amides is 1. The average Bonchev–Trinajstić information content (AvgIpc) is 2.66. The maximum atomic E-state index is 13.2. The molecule has 1 amide bonds. The average molecular weight is 475 g/mol. The molecule has 0 aliphatic heterocycles. The van der Waals surface area contributed by atoms with Crippen molar-refractivity contribution in [3.63, 3.8) is 0 Å². The van der Waals surface area contributed by atoms with Crippen LogP contribution in [0.5, 0.6) is 0 Å². The lowest BCUT2D eigenvalue weighted by atomic mass is 10.3. The van der Waals surface area contributed by atoms with Crippen LogP contribution in [0.15, 0.2) is 53.4 Å². The Kier molecular flexibility index (Phi) is 8.28. The van der Waals surface area contributed by atoms with Gasteiger partial charge in [0.2, 0.25) is 5.91 Å². The second-order valence-corrected chi connectivity index (χ2v) is 11.8. The number of hydrogen-bond donors (Lipinski definition) is 1. The molecule has 1 N–H and O–H groups in total. The third-order valence-electron chi connectivity index (χ3n) is 3.78. The molecular weight excluding hydrogens is 451 g/mol. The van der Waals surface area contributed by atoms with E-state index in [1.54, 1.807) is 42.1 Å². The molecule has 0 aromatic heterocycles. The lowest BCUT2D eigenvalue weighted by molar-refractivity contribution is -0.119. The summed E-state index contributed by atoms with van der Waals surface area (Å²) in [6.07, 6.45) is 0. The Bertz CT molecular complexity index is 946. The van der Waals surface area contributed by atoms with Crippen LogP contribution in [0.25, 0.3) is 0 Å². The summed E-state index contributed by atoms with van der Waals surface area (Å²) in [7, 11) is -4.02. The van der Waals surface area contributed by atoms with E-state index in [1.165, 1.54) is 18.2 Å². The topological polar surface area (TPSA) is 66.5 Å². The SMILES string of the molecule is CC(C)(C)SCCNC(=O)CN(c1cccc(Cl)c1Cl)S(=O)(=O)c1ccccc1. The van der Waals surface area contributed by atoms with Gasteiger partial charge in [-0.2, -0.15) is 11.8 Å². The van der Waals surface area contributed by atoms with E-state index >= 15 is 0 Å². The van der Waals surface area contributed by atoms with Crippen molar-refractivity contribution in [3.8, 4) is 0 Å². The number of thioether (sulfide) groups is 1. The Morgan fingerprint density at radius 1 is 1.07 bits per heavy atom. The van der Waals surface area contributed by atoms with Crippen LogP contribution in [0.3, 0.4) is 0 Å². The molecule has 0 aliphatic rings. The fourth-order valence-electron chi connectivity index (χ4n) is 2.44. The van der Waals surface area contributed by atoms with E-state index in [-0.39, 0.29) is 25.4 Å². The first-order valence-corrected chi connectivity index (χ1v) is 12.1. The highest BCUT2D eigenvalue weighted by Gasteiger charge is 2.29. The molecule has 0 heterocycles. The Labute approximate surface area is 186 Å². The smallest absolute Gasteiger partial charge is 0.264 e. The standard InChI is InChI=1S/C20H24Cl2N2O3S2/c1-20(2,3)28-13-12-23-18(25)14-24(17-11-7-10-16(21)19(17)22)29(26,27)15-8-5-4-6-9-15/h4-11H,12-14H2,1-3H3,(H,23,25). The highest BCUT2D eigenvalue weighted by Crippen LogP contribution is 2.35. The summed E-state index contributed by atoms with van der Waals surface area (Å²) in [5, 5.41) is 3.05. The van der Waals surface area contributed by atoms with E-state index in [0.717, 1.165) is 10.1 Å². The molecule has 2 aromatic rings. The Morgan fingerprint density at radius 2 is 1.72 bits per heavy atom. The van der Waals surface area contributed by atoms with E-state index < -0.39 is 22.5 Å². The minimum atomic E-state index is -4.02. The summed E-state index contributed by atoms with van der Waals surface area (Å²) in [5.41, 5.74) is 0.155. The Balaban J connectivity index is 2.27. The minimum absolute atomic E-state index is 0.0622. The van der Waals surface area contributed by atoms with Crippen LogP contribution in [0.4, 0.5) is 5.69 Å². The van der Waals surface area contributed by atoms with Crippen molar-refractivity contribution in [2.75, 3.05) is 23.1 Å². The number of nitrogens with zero attached hydrogens (tertiary/aromatic N) is 1. The molecule has 29 heavy (non-hydrogen) atoms. The van der Waals surface area contributed by atoms with Crippen molar-refractivity contribution in [1.82, 2.24) is 5.32 Å². The van der Waals surface area contributed by atoms with Crippen LogP contribution < -0.4 is 9.62 Å². The molecule has 0 bridgehead atoms. The van der Waals surface area contributed by atoms with Gasteiger partial charge in [-0.05, 0) is 24.3 Å². The fourth-order valence-corrected chi connectivity index (χ4v) is 5.16. The number of carbonyl (C=O) groups excluding carboxylic acids is 1. The lowest BCUT2D eigenvalue weighted by Crippen LogP contribution is -2.41. The Hall–Kier alpha value is -1.41. The number of anilines is 1. The lowest BCUT2D eigenvalue weighted by Gasteiger charge is -2.25. The number of carbonyl (C=O) groups is 1. The van der Waals surface area contributed by atoms with Gasteiger partial charge in [-0.3, -0.25) is 9.10 Å². The van der Waals surface area contributed by atoms with Crippen LogP contribution in [-0.2, 0) is 14.8 Å². The van der Waals surface area contributed by atoms with Gasteiger partial charge >= 0.3 is 0 Å². The molecule has 0 unspecified atom stereocenters. The zero-order valence-electron chi connectivity index (χ0n) is 16.5. The number of sulfonamides is 1. The summed E-state index contributed by atoms with van der Waals surface area (Å²) in [5.74, 6) is 0.300. The van der Waals surface area contributed by atoms with Crippen molar-refractivity contribution >= 4 is 56.6 Å². The van der Waals surface area contributed by atoms with E-state index in [4.69, 9.17) is 23.2 Å². The van der Waals surface area contributed by atoms with Gasteiger partial charge in [0.15, 0.2) is 0 Å². The third-order valence-corrected chi connectivity index (χ3v) is 7.63. The monoisotopic (exact) mass is 474 g/mol. The first-order valence-electron chi connectivity index (χ1n) is 8.95. The molecule has 158 valence electrons. The summed E-state index contributed by atoms with van der Waals surface area (Å²) in [6, 6.07) is 12.6. The largest absolute Gasteiger partial charge is 0.354 e. The predicted molar refractivity (Wildman–Crippen MR) is 123 cm³/mol. The highest BCUT2D eigenvalue weighted by molar-refractivity contribution is 8.00. The van der Waals surface area contributed by atoms with Crippen LogP contribution >= 0.6 is 35.0 Å². The molecule has 0 aliphatic carbocycles. The molecule has 9 heteroatoms. The van der Waals surface area contributed by atoms with Gasteiger partial charge in [0.1, 0.15) is 6.54 Å². The normalized spacial score (nSPS) is 11.9. The molecule has 2 aromatic carbocycles. The first kappa shape index (κ1) is 23.9. The summed E-state index contributed by atoms with van der Waals surface area (Å²) in [4.78, 5) is 12.6. The number of benzene rings is 2. The maximum absolute atomic E-state index is 13.2. The summed E-state index contributed by atoms with van der Waals surface area (Å²) < 4.78 is 27.5. The van der Waals surface area contributed by atoms with Crippen LogP contribution in [0, 0.1) is 0 Å². The van der Waals surface area contributed by atoms with Crippen molar-refractivity contribution in [3.05, 3.63) is 58.6 Å². The first-order chi connectivity index (χ1) is 13.5. The molecule has 2 rings (SSSR count). The quantitative estimate of drug-likeness (QED) is 0.555. The number of nitrogens with one attached hydrogen (secondary N) is 1. The van der Waals surface area contributed by atoms with E-state index in [2.05, 4.69) is 26.1 Å². The Morgan fingerprint density at radius 3 is 2.34 bits per heavy atom. The minimum Gasteiger partial charge on any atom is -0.354 e. The van der Waals surface area contributed by atoms with Gasteiger partial charge in [0, 0.05) is 17.0 Å². The molecule has 5 nitrogen and oxygen atoms in total. The van der Waals surface area contributed by atoms with Gasteiger partial charge in [-0.1, -0.05) is 68.2 Å². The molecular formula is C20H24Cl2N2O3S2. The van der Waals surface area contributed by atoms with Gasteiger partial charge < -0.3 is 5.32 Å². The van der Waals surface area contributed by atoms with Gasteiger partial charge in [-0.25, -0.2) is 8.42 Å². The zero-order chi connectivity index (χ0) is 21.7. The fraction of sp³-hybridized carbons (Fsp3) is 0.350. The highest BCUT2D eigenvalue weighted by atomic mass is 35.5. The van der Waals surface area contributed by atoms with Crippen LogP contribution in [-0.4, -0.2) is 37.9 Å². The van der Waals surface area contributed by atoms with Crippen LogP contribution in [0.2, 0.25) is 10.0 Å². The molecule has 0 fully saturated rings. The number of halogens is 2. The third kappa shape index (κ3) is 6.81. The second kappa shape index (κ2) is 10.1. The number of hydrogen-bond acceptors (Lipinski definition) is 4. The van der Waals surface area contributed by atoms with Gasteiger partial charge in [-0.15, -0.1) is 0 Å². The van der Waals surface area contributed by atoms with Crippen molar-refractivity contribution < 1.29 is 13.2 Å². The molecule has 0 saturated heterocycles. The predicted octanol–water partition coefficient (Wildman–Crippen LogP) is 4.84. The second-order valence-electron chi connectivity index (χ2n) is 7.21. The summed E-state index contributed by atoms with van der Waals surface area (Å²) in [6.45, 7) is 6.30. The van der Waals surface area contributed by atoms with Crippen molar-refractivity contribution in [1.29, 1.82) is 0 Å². The molecule has 0 atom stereocenters. The molecule has 0 saturated carbocycles. The van der Waals surface area contributed by atoms with Crippen molar-refractivity contribution in [2.24, 2.45) is 0 Å². The van der Waals surface area contributed by atoms with E-state index in [0.29, 0.717) is 6.54 Å². The molecule has 0 spiro atoms. The molecule has 0 radical (unpaired) electrons. The summed E-state index contributed by atoms with van der Waals surface area (Å²) >= 11 is 14.1. The van der Waals surface area contributed by atoms with Crippen LogP contribution in [0.1, 0.15) is 20.8 Å². The van der Waals surface area contributed by atoms with Gasteiger partial charge in [0.05, 0.1) is 20.6 Å². The van der Waals surface area contributed by atoms with Crippen molar-refractivity contribution in [2.45, 2.75) is 30.4 Å². The van der Waals surface area contributed by atoms with Gasteiger partial charge in [0.25, 0.3) is 10.0 Å². The number of rotatable bonds is 8. The van der Waals surface area contributed by atoms with E-state index in [9.17, 15) is 13.2 Å².